The number of nitrogens with zero attached hydrogens (tertiary/aromatic N) is 5. The van der Waals surface area contributed by atoms with E-state index >= 15 is 0 Å². The minimum absolute atomic E-state index is 0. The van der Waals surface area contributed by atoms with Crippen LogP contribution in [0, 0.1) is 6.92 Å². The van der Waals surface area contributed by atoms with Crippen LogP contribution in [0.1, 0.15) is 29.5 Å². The molecule has 0 saturated carbocycles. The Morgan fingerprint density at radius 3 is 2.41 bits per heavy atom. The highest BCUT2D eigenvalue weighted by atomic mass is 35.5. The van der Waals surface area contributed by atoms with Crippen LogP contribution in [0.2, 0.25) is 0 Å². The Morgan fingerprint density at radius 1 is 0.941 bits per heavy atom. The third kappa shape index (κ3) is 5.66. The van der Waals surface area contributed by atoms with Crippen LogP contribution in [0.15, 0.2) is 60.8 Å². The number of nitrogens with one attached hydrogen (secondary N) is 2. The van der Waals surface area contributed by atoms with E-state index in [0.717, 1.165) is 49.3 Å². The molecule has 2 N–H and O–H groups in total. The zero-order valence-electron chi connectivity index (χ0n) is 19.7. The van der Waals surface area contributed by atoms with Crippen molar-refractivity contribution in [2.45, 2.75) is 38.9 Å². The number of benzene rings is 2. The molecule has 0 amide bonds. The Hall–Kier alpha value is -3.16. The van der Waals surface area contributed by atoms with Crippen LogP contribution in [0.5, 0.6) is 0 Å². The largest absolute Gasteiger partial charge is 0.365 e. The minimum Gasteiger partial charge on any atom is -0.365 e. The molecule has 0 radical (unpaired) electrons. The highest BCUT2D eigenvalue weighted by Gasteiger charge is 2.21. The van der Waals surface area contributed by atoms with Crippen molar-refractivity contribution in [1.82, 2.24) is 24.6 Å². The zero-order valence-corrected chi connectivity index (χ0v) is 20.6. The summed E-state index contributed by atoms with van der Waals surface area (Å²) in [5, 5.41) is 12.4. The second-order valence-corrected chi connectivity index (χ2v) is 8.92. The van der Waals surface area contributed by atoms with Crippen molar-refractivity contribution in [2.24, 2.45) is 7.05 Å². The van der Waals surface area contributed by atoms with E-state index in [2.05, 4.69) is 82.2 Å². The van der Waals surface area contributed by atoms with E-state index < -0.39 is 0 Å². The molecule has 3 heterocycles. The molecule has 8 heteroatoms. The fraction of sp³-hybridized carbons (Fsp3) is 0.346. The number of anilines is 2. The maximum Gasteiger partial charge on any atom is 0.226 e. The summed E-state index contributed by atoms with van der Waals surface area (Å²) >= 11 is 0. The van der Waals surface area contributed by atoms with E-state index in [1.54, 1.807) is 0 Å². The lowest BCUT2D eigenvalue weighted by Crippen LogP contribution is -2.39. The number of hydrogen-bond donors (Lipinski definition) is 2. The molecule has 0 spiro atoms. The van der Waals surface area contributed by atoms with Gasteiger partial charge < -0.3 is 10.6 Å². The average molecular weight is 478 g/mol. The van der Waals surface area contributed by atoms with Crippen LogP contribution >= 0.6 is 12.4 Å². The molecule has 0 aliphatic carbocycles. The molecule has 178 valence electrons. The lowest BCUT2D eigenvalue weighted by molar-refractivity contribution is 0.211. The van der Waals surface area contributed by atoms with Gasteiger partial charge in [-0.05, 0) is 30.9 Å². The number of aromatic nitrogens is 4. The van der Waals surface area contributed by atoms with Gasteiger partial charge in [0.15, 0.2) is 5.65 Å². The summed E-state index contributed by atoms with van der Waals surface area (Å²) < 4.78 is 1.81. The van der Waals surface area contributed by atoms with Gasteiger partial charge in [-0.15, -0.1) is 12.4 Å². The van der Waals surface area contributed by atoms with Gasteiger partial charge in [-0.2, -0.15) is 15.1 Å². The van der Waals surface area contributed by atoms with E-state index in [-0.39, 0.29) is 12.4 Å². The van der Waals surface area contributed by atoms with Gasteiger partial charge in [0.05, 0.1) is 11.6 Å². The predicted octanol–water partition coefficient (Wildman–Crippen LogP) is 4.78. The van der Waals surface area contributed by atoms with Gasteiger partial charge in [0.1, 0.15) is 5.82 Å². The summed E-state index contributed by atoms with van der Waals surface area (Å²) in [5.74, 6) is 1.48. The molecule has 7 nitrogen and oxygen atoms in total. The van der Waals surface area contributed by atoms with Crippen molar-refractivity contribution in [3.8, 4) is 0 Å². The minimum atomic E-state index is 0. The Kier molecular flexibility index (Phi) is 7.65. The molecule has 0 unspecified atom stereocenters. The van der Waals surface area contributed by atoms with Gasteiger partial charge in [-0.1, -0.05) is 60.2 Å². The van der Waals surface area contributed by atoms with Gasteiger partial charge in [-0.25, -0.2) is 0 Å². The molecular formula is C26H32ClN7. The predicted molar refractivity (Wildman–Crippen MR) is 140 cm³/mol. The van der Waals surface area contributed by atoms with Crippen LogP contribution in [0.25, 0.3) is 11.0 Å². The van der Waals surface area contributed by atoms with E-state index in [1.807, 2.05) is 17.9 Å². The summed E-state index contributed by atoms with van der Waals surface area (Å²) in [6.45, 7) is 5.96. The SMILES string of the molecule is Cc1ccc(CNc2nc(NC3CCN(Cc4ccccc4)CC3)nc3c2cnn3C)cc1.Cl. The lowest BCUT2D eigenvalue weighted by Gasteiger charge is -2.32. The highest BCUT2D eigenvalue weighted by molar-refractivity contribution is 5.87. The molecule has 1 aliphatic rings. The van der Waals surface area contributed by atoms with Gasteiger partial charge >= 0.3 is 0 Å². The smallest absolute Gasteiger partial charge is 0.226 e. The quantitative estimate of drug-likeness (QED) is 0.399. The van der Waals surface area contributed by atoms with Crippen LogP contribution < -0.4 is 10.6 Å². The van der Waals surface area contributed by atoms with Gasteiger partial charge in [0, 0.05) is 39.3 Å². The van der Waals surface area contributed by atoms with Crippen LogP contribution in [0.4, 0.5) is 11.8 Å². The highest BCUT2D eigenvalue weighted by Crippen LogP contribution is 2.24. The first kappa shape index (κ1) is 24.0. The molecule has 1 fully saturated rings. The number of piperidine rings is 1. The number of rotatable bonds is 7. The van der Waals surface area contributed by atoms with Crippen molar-refractivity contribution in [1.29, 1.82) is 0 Å². The maximum atomic E-state index is 4.83. The molecule has 0 atom stereocenters. The number of hydrogen-bond acceptors (Lipinski definition) is 6. The first-order valence-electron chi connectivity index (χ1n) is 11.7. The Morgan fingerprint density at radius 2 is 1.68 bits per heavy atom. The second-order valence-electron chi connectivity index (χ2n) is 8.92. The summed E-state index contributed by atoms with van der Waals surface area (Å²) in [5.41, 5.74) is 4.69. The lowest BCUT2D eigenvalue weighted by atomic mass is 10.0. The molecule has 2 aromatic heterocycles. The van der Waals surface area contributed by atoms with Crippen LogP contribution in [-0.2, 0) is 20.1 Å². The van der Waals surface area contributed by atoms with Gasteiger partial charge in [0.25, 0.3) is 0 Å². The van der Waals surface area contributed by atoms with E-state index in [9.17, 15) is 0 Å². The first-order valence-corrected chi connectivity index (χ1v) is 11.7. The molecule has 2 aromatic carbocycles. The summed E-state index contributed by atoms with van der Waals surface area (Å²) in [4.78, 5) is 12.1. The van der Waals surface area contributed by atoms with Gasteiger partial charge in [-0.3, -0.25) is 9.58 Å². The summed E-state index contributed by atoms with van der Waals surface area (Å²) in [6.07, 6.45) is 3.98. The fourth-order valence-corrected chi connectivity index (χ4v) is 4.37. The van der Waals surface area contributed by atoms with Crippen molar-refractivity contribution in [2.75, 3.05) is 23.7 Å². The monoisotopic (exact) mass is 477 g/mol. The molecule has 1 aliphatic heterocycles. The van der Waals surface area contributed by atoms with E-state index in [1.165, 1.54) is 16.7 Å². The Labute approximate surface area is 207 Å². The van der Waals surface area contributed by atoms with Gasteiger partial charge in [0.2, 0.25) is 5.95 Å². The number of fused-ring (bicyclic) bond motifs is 1. The van der Waals surface area contributed by atoms with Crippen LogP contribution in [-0.4, -0.2) is 43.8 Å². The maximum absolute atomic E-state index is 4.83. The molecule has 34 heavy (non-hydrogen) atoms. The third-order valence-electron chi connectivity index (χ3n) is 6.34. The molecule has 0 bridgehead atoms. The molecule has 4 aromatic rings. The molecule has 1 saturated heterocycles. The van der Waals surface area contributed by atoms with E-state index in [4.69, 9.17) is 9.97 Å². The summed E-state index contributed by atoms with van der Waals surface area (Å²) in [6, 6.07) is 19.6. The topological polar surface area (TPSA) is 70.9 Å². The van der Waals surface area contributed by atoms with Crippen LogP contribution in [0.3, 0.4) is 0 Å². The first-order chi connectivity index (χ1) is 16.1. The van der Waals surface area contributed by atoms with Crippen molar-refractivity contribution in [3.05, 3.63) is 77.5 Å². The Balaban J connectivity index is 0.00000274. The standard InChI is InChI=1S/C26H31N7.ClH/c1-19-8-10-20(11-9-19)16-27-24-23-17-28-32(2)25(23)31-26(30-24)29-22-12-14-33(15-13-22)18-21-6-4-3-5-7-21;/h3-11,17,22H,12-16,18H2,1-2H3,(H2,27,29,30,31);1H. The average Bonchev–Trinajstić information content (AvgIpc) is 3.21. The number of likely N-dealkylation sites (tertiary alicyclic amines) is 1. The number of halogens is 1. The molecular weight excluding hydrogens is 446 g/mol. The number of aryl methyl sites for hydroxylation is 2. The second kappa shape index (κ2) is 10.8. The van der Waals surface area contributed by atoms with Crippen molar-refractivity contribution < 1.29 is 0 Å². The van der Waals surface area contributed by atoms with Crippen molar-refractivity contribution >= 4 is 35.2 Å². The normalized spacial score (nSPS) is 14.6. The van der Waals surface area contributed by atoms with E-state index in [0.29, 0.717) is 18.5 Å². The molecule has 5 rings (SSSR count). The third-order valence-corrected chi connectivity index (χ3v) is 6.34. The Bertz CT molecular complexity index is 1200. The summed E-state index contributed by atoms with van der Waals surface area (Å²) in [7, 11) is 1.92. The van der Waals surface area contributed by atoms with Crippen molar-refractivity contribution in [3.63, 3.8) is 0 Å². The zero-order chi connectivity index (χ0) is 22.6. The fourth-order valence-electron chi connectivity index (χ4n) is 4.37.